The Morgan fingerprint density at radius 2 is 1.94 bits per heavy atom. The lowest BCUT2D eigenvalue weighted by atomic mass is 9.87. The first-order valence-corrected chi connectivity index (χ1v) is 12.3. The molecule has 6 heteroatoms. The molecule has 1 aliphatic rings. The van der Waals surface area contributed by atoms with Gasteiger partial charge in [-0.15, -0.1) is 0 Å². The Hall–Kier alpha value is -2.96. The van der Waals surface area contributed by atoms with E-state index in [0.29, 0.717) is 30.2 Å². The molecule has 0 radical (unpaired) electrons. The number of rotatable bonds is 8. The van der Waals surface area contributed by atoms with Crippen molar-refractivity contribution in [3.63, 3.8) is 0 Å². The minimum absolute atomic E-state index is 0.145. The Morgan fingerprint density at radius 3 is 2.66 bits per heavy atom. The lowest BCUT2D eigenvalue weighted by Crippen LogP contribution is -2.23. The maximum atomic E-state index is 12.9. The van der Waals surface area contributed by atoms with Crippen molar-refractivity contribution >= 4 is 28.1 Å². The molecule has 2 heterocycles. The van der Waals surface area contributed by atoms with Crippen LogP contribution in [-0.4, -0.2) is 16.2 Å². The normalized spacial score (nSPS) is 14.9. The Bertz CT molecular complexity index is 1200. The predicted octanol–water partition coefficient (Wildman–Crippen LogP) is 5.45. The molecule has 0 saturated heterocycles. The van der Waals surface area contributed by atoms with E-state index in [0.717, 1.165) is 32.9 Å². The third kappa shape index (κ3) is 4.47. The largest absolute Gasteiger partial charge is 0.611 e. The fourth-order valence-electron chi connectivity index (χ4n) is 4.06. The summed E-state index contributed by atoms with van der Waals surface area (Å²) in [6.07, 6.45) is 5.70. The summed E-state index contributed by atoms with van der Waals surface area (Å²) in [6, 6.07) is 18.6. The van der Waals surface area contributed by atoms with Crippen molar-refractivity contribution in [3.8, 4) is 0 Å². The summed E-state index contributed by atoms with van der Waals surface area (Å²) in [4.78, 5) is 13.4. The highest BCUT2D eigenvalue weighted by Crippen LogP contribution is 2.33. The molecule has 1 atom stereocenters. The van der Waals surface area contributed by atoms with E-state index in [1.54, 1.807) is 18.4 Å². The molecule has 5 nitrogen and oxygen atoms in total. The Labute approximate surface area is 190 Å². The van der Waals surface area contributed by atoms with Gasteiger partial charge in [0.05, 0.1) is 12.7 Å². The summed E-state index contributed by atoms with van der Waals surface area (Å²) in [7, 11) is 0. The van der Waals surface area contributed by atoms with Crippen LogP contribution in [0.25, 0.3) is 11.0 Å². The van der Waals surface area contributed by atoms with Gasteiger partial charge in [-0.05, 0) is 60.4 Å². The third-order valence-corrected chi connectivity index (χ3v) is 7.65. The predicted molar refractivity (Wildman–Crippen MR) is 124 cm³/mol. The van der Waals surface area contributed by atoms with Crippen molar-refractivity contribution in [2.75, 3.05) is 5.75 Å². The zero-order chi connectivity index (χ0) is 21.9. The van der Waals surface area contributed by atoms with Gasteiger partial charge in [0, 0.05) is 35.0 Å². The van der Waals surface area contributed by atoms with Gasteiger partial charge >= 0.3 is 0 Å². The van der Waals surface area contributed by atoms with E-state index in [1.807, 2.05) is 48.5 Å². The first-order valence-electron chi connectivity index (χ1n) is 11.0. The molecule has 1 N–H and O–H groups in total. The highest BCUT2D eigenvalue weighted by atomic mass is 32.2. The number of carbonyl (C=O) groups is 1. The minimum Gasteiger partial charge on any atom is -0.611 e. The van der Waals surface area contributed by atoms with Crippen molar-refractivity contribution in [1.29, 1.82) is 0 Å². The van der Waals surface area contributed by atoms with E-state index in [4.69, 9.17) is 8.83 Å². The quantitative estimate of drug-likeness (QED) is 0.364. The van der Waals surface area contributed by atoms with E-state index in [2.05, 4.69) is 5.32 Å². The van der Waals surface area contributed by atoms with Gasteiger partial charge in [-0.25, -0.2) is 0 Å². The number of amides is 1. The topological polar surface area (TPSA) is 78.4 Å². The summed E-state index contributed by atoms with van der Waals surface area (Å²) in [5, 5.41) is 3.90. The second-order valence-corrected chi connectivity index (χ2v) is 9.77. The van der Waals surface area contributed by atoms with Gasteiger partial charge in [-0.3, -0.25) is 4.79 Å². The minimum atomic E-state index is -1.04. The molecule has 32 heavy (non-hydrogen) atoms. The Morgan fingerprint density at radius 1 is 1.09 bits per heavy atom. The molecule has 1 aliphatic carbocycles. The van der Waals surface area contributed by atoms with Crippen molar-refractivity contribution in [1.82, 2.24) is 5.32 Å². The Balaban J connectivity index is 1.44. The van der Waals surface area contributed by atoms with Crippen molar-refractivity contribution in [3.05, 3.63) is 89.6 Å². The summed E-state index contributed by atoms with van der Waals surface area (Å²) < 4.78 is 24.6. The monoisotopic (exact) mass is 447 g/mol. The summed E-state index contributed by atoms with van der Waals surface area (Å²) >= 11 is -1.04. The molecule has 1 fully saturated rings. The number of fused-ring (bicyclic) bond motifs is 1. The molecule has 1 saturated carbocycles. The van der Waals surface area contributed by atoms with Crippen LogP contribution < -0.4 is 5.32 Å². The number of carbonyl (C=O) groups excluding carboxylic acids is 1. The van der Waals surface area contributed by atoms with E-state index >= 15 is 0 Å². The van der Waals surface area contributed by atoms with Crippen LogP contribution in [0.15, 0.2) is 80.7 Å². The van der Waals surface area contributed by atoms with E-state index in [9.17, 15) is 9.35 Å². The molecule has 164 valence electrons. The number of furan rings is 2. The van der Waals surface area contributed by atoms with Gasteiger partial charge in [0.25, 0.3) is 5.91 Å². The van der Waals surface area contributed by atoms with E-state index < -0.39 is 11.2 Å². The zero-order valence-corrected chi connectivity index (χ0v) is 18.5. The third-order valence-electron chi connectivity index (χ3n) is 6.10. The number of hydrogen-bond donors (Lipinski definition) is 1. The van der Waals surface area contributed by atoms with Gasteiger partial charge in [0.2, 0.25) is 0 Å². The first kappa shape index (κ1) is 20.9. The van der Waals surface area contributed by atoms with E-state index in [1.165, 1.54) is 19.3 Å². The summed E-state index contributed by atoms with van der Waals surface area (Å²) in [6.45, 7) is 0.315. The van der Waals surface area contributed by atoms with Gasteiger partial charge in [-0.2, -0.15) is 0 Å². The summed E-state index contributed by atoms with van der Waals surface area (Å²) in [5.41, 5.74) is 2.22. The molecule has 1 amide bonds. The number of nitrogens with one attached hydrogen (secondary N) is 1. The smallest absolute Gasteiger partial charge is 0.251 e. The average molecular weight is 448 g/mol. The molecule has 1 unspecified atom stereocenters. The van der Waals surface area contributed by atoms with Crippen molar-refractivity contribution in [2.24, 2.45) is 5.92 Å². The van der Waals surface area contributed by atoms with E-state index in [-0.39, 0.29) is 5.91 Å². The van der Waals surface area contributed by atoms with Gasteiger partial charge in [-0.1, -0.05) is 24.6 Å². The zero-order valence-electron chi connectivity index (χ0n) is 17.7. The van der Waals surface area contributed by atoms with Gasteiger partial charge in [0.1, 0.15) is 22.9 Å². The molecule has 2 aromatic heterocycles. The van der Waals surface area contributed by atoms with Crippen LogP contribution in [0.2, 0.25) is 0 Å². The molecule has 5 rings (SSSR count). The van der Waals surface area contributed by atoms with Crippen molar-refractivity contribution < 1.29 is 18.2 Å². The lowest BCUT2D eigenvalue weighted by molar-refractivity contribution is 0.0951. The molecule has 4 aromatic rings. The maximum absolute atomic E-state index is 12.9. The SMILES string of the molecule is O=C(NCc1c(Cc2ccco2)oc2ccc([S+]([O-])CC3CCC3)cc12)c1ccccc1. The second kappa shape index (κ2) is 9.27. The van der Waals surface area contributed by atoms with Crippen LogP contribution in [0.4, 0.5) is 0 Å². The number of benzene rings is 2. The maximum Gasteiger partial charge on any atom is 0.251 e. The van der Waals surface area contributed by atoms with Crippen LogP contribution in [0.3, 0.4) is 0 Å². The second-order valence-electron chi connectivity index (χ2n) is 8.28. The van der Waals surface area contributed by atoms with Crippen LogP contribution in [-0.2, 0) is 24.1 Å². The molecule has 0 bridgehead atoms. The molecule has 2 aromatic carbocycles. The van der Waals surface area contributed by atoms with Crippen LogP contribution >= 0.6 is 0 Å². The molecular weight excluding hydrogens is 422 g/mol. The lowest BCUT2D eigenvalue weighted by Gasteiger charge is -2.25. The average Bonchev–Trinajstić information content (AvgIpc) is 3.42. The highest BCUT2D eigenvalue weighted by Gasteiger charge is 2.26. The fourth-order valence-corrected chi connectivity index (χ4v) is 5.48. The number of hydrogen-bond acceptors (Lipinski definition) is 4. The Kier molecular flexibility index (Phi) is 6.06. The van der Waals surface area contributed by atoms with Gasteiger partial charge in [0.15, 0.2) is 4.90 Å². The molecular formula is C26H25NO4S. The van der Waals surface area contributed by atoms with Crippen LogP contribution in [0, 0.1) is 5.92 Å². The van der Waals surface area contributed by atoms with Crippen molar-refractivity contribution in [2.45, 2.75) is 37.1 Å². The standard InChI is InChI=1S/C26H25NO4S/c28-26(19-8-2-1-3-9-19)27-16-23-22-15-21(32(29)17-18-6-4-7-18)11-12-24(22)31-25(23)14-20-10-5-13-30-20/h1-3,5,8-13,15,18H,4,6-7,14,16-17H2,(H,27,28). The van der Waals surface area contributed by atoms with Crippen LogP contribution in [0.5, 0.6) is 0 Å². The van der Waals surface area contributed by atoms with Gasteiger partial charge < -0.3 is 18.7 Å². The fraction of sp³-hybridized carbons (Fsp3) is 0.269. The molecule has 0 aliphatic heterocycles. The highest BCUT2D eigenvalue weighted by molar-refractivity contribution is 7.91. The summed E-state index contributed by atoms with van der Waals surface area (Å²) in [5.74, 6) is 2.66. The molecule has 0 spiro atoms. The first-order chi connectivity index (χ1) is 15.7. The van der Waals surface area contributed by atoms with Crippen LogP contribution in [0.1, 0.15) is 46.7 Å².